The van der Waals surface area contributed by atoms with E-state index in [2.05, 4.69) is 5.32 Å². The maximum Gasteiger partial charge on any atom is 0.0585 e. The van der Waals surface area contributed by atoms with Gasteiger partial charge in [0.25, 0.3) is 0 Å². The monoisotopic (exact) mass is 132 g/mol. The predicted octanol–water partition coefficient (Wildman–Crippen LogP) is -0.694. The van der Waals surface area contributed by atoms with Crippen molar-refractivity contribution in [1.29, 1.82) is 0 Å². The van der Waals surface area contributed by atoms with Gasteiger partial charge in [-0.05, 0) is 19.5 Å². The summed E-state index contributed by atoms with van der Waals surface area (Å²) >= 11 is 0. The van der Waals surface area contributed by atoms with Crippen LogP contribution in [-0.2, 0) is 0 Å². The Morgan fingerprint density at radius 2 is 2.33 bits per heavy atom. The van der Waals surface area contributed by atoms with Gasteiger partial charge in [-0.1, -0.05) is 6.92 Å². The molecule has 0 saturated carbocycles. The number of nitrogens with two attached hydrogens (primary N) is 1. The van der Waals surface area contributed by atoms with Crippen molar-refractivity contribution in [2.45, 2.75) is 19.4 Å². The molecule has 9 heavy (non-hydrogen) atoms. The molecule has 0 rings (SSSR count). The summed E-state index contributed by atoms with van der Waals surface area (Å²) in [5, 5.41) is 11.8. The SMILES string of the molecule is CCNC(CO)CCN. The standard InChI is InChI=1S/C6H16N2O/c1-2-8-6(5-9)3-4-7/h6,8-9H,2-5,7H2,1H3. The van der Waals surface area contributed by atoms with Crippen LogP contribution in [0.4, 0.5) is 0 Å². The number of aliphatic hydroxyl groups excluding tert-OH is 1. The maximum atomic E-state index is 8.67. The first-order valence-electron chi connectivity index (χ1n) is 3.39. The molecule has 0 spiro atoms. The van der Waals surface area contributed by atoms with Gasteiger partial charge in [-0.25, -0.2) is 0 Å². The topological polar surface area (TPSA) is 58.3 Å². The Morgan fingerprint density at radius 3 is 2.67 bits per heavy atom. The fourth-order valence-electron chi connectivity index (χ4n) is 0.748. The van der Waals surface area contributed by atoms with Crippen LogP contribution in [-0.4, -0.2) is 30.8 Å². The second-order valence-electron chi connectivity index (χ2n) is 2.01. The Kier molecular flexibility index (Phi) is 5.93. The van der Waals surface area contributed by atoms with Crippen LogP contribution in [0.3, 0.4) is 0 Å². The fraction of sp³-hybridized carbons (Fsp3) is 1.00. The van der Waals surface area contributed by atoms with Crippen LogP contribution in [0.15, 0.2) is 0 Å². The van der Waals surface area contributed by atoms with Crippen molar-refractivity contribution in [3.63, 3.8) is 0 Å². The van der Waals surface area contributed by atoms with E-state index in [1.54, 1.807) is 0 Å². The van der Waals surface area contributed by atoms with E-state index in [9.17, 15) is 0 Å². The Bertz CT molecular complexity index is 53.0. The summed E-state index contributed by atoms with van der Waals surface area (Å²) in [5.74, 6) is 0. The second kappa shape index (κ2) is 6.01. The number of hydrogen-bond acceptors (Lipinski definition) is 3. The summed E-state index contributed by atoms with van der Waals surface area (Å²) in [6, 6.07) is 0.194. The zero-order chi connectivity index (χ0) is 7.11. The van der Waals surface area contributed by atoms with E-state index in [-0.39, 0.29) is 12.6 Å². The summed E-state index contributed by atoms with van der Waals surface area (Å²) in [4.78, 5) is 0. The minimum Gasteiger partial charge on any atom is -0.395 e. The molecule has 0 aromatic carbocycles. The molecular formula is C6H16N2O. The third-order valence-corrected chi connectivity index (χ3v) is 1.23. The van der Waals surface area contributed by atoms with Crippen molar-refractivity contribution in [3.8, 4) is 0 Å². The maximum absolute atomic E-state index is 8.67. The number of nitrogens with one attached hydrogen (secondary N) is 1. The first-order chi connectivity index (χ1) is 4.35. The van der Waals surface area contributed by atoms with Gasteiger partial charge in [0.15, 0.2) is 0 Å². The average Bonchev–Trinajstić information content (AvgIpc) is 1.88. The van der Waals surface area contributed by atoms with Crippen molar-refractivity contribution in [1.82, 2.24) is 5.32 Å². The Morgan fingerprint density at radius 1 is 1.67 bits per heavy atom. The van der Waals surface area contributed by atoms with Crippen LogP contribution in [0.25, 0.3) is 0 Å². The third-order valence-electron chi connectivity index (χ3n) is 1.23. The largest absolute Gasteiger partial charge is 0.395 e. The van der Waals surface area contributed by atoms with Gasteiger partial charge in [-0.15, -0.1) is 0 Å². The number of rotatable bonds is 5. The van der Waals surface area contributed by atoms with Crippen molar-refractivity contribution < 1.29 is 5.11 Å². The van der Waals surface area contributed by atoms with Crippen LogP contribution >= 0.6 is 0 Å². The van der Waals surface area contributed by atoms with Crippen molar-refractivity contribution in [2.75, 3.05) is 19.7 Å². The van der Waals surface area contributed by atoms with E-state index in [4.69, 9.17) is 10.8 Å². The molecule has 1 atom stereocenters. The van der Waals surface area contributed by atoms with Gasteiger partial charge in [-0.2, -0.15) is 0 Å². The molecule has 0 bridgehead atoms. The smallest absolute Gasteiger partial charge is 0.0585 e. The molecule has 1 unspecified atom stereocenters. The number of aliphatic hydroxyl groups is 1. The molecule has 0 aliphatic heterocycles. The summed E-state index contributed by atoms with van der Waals surface area (Å²) in [7, 11) is 0. The lowest BCUT2D eigenvalue weighted by Crippen LogP contribution is -2.34. The molecule has 0 saturated heterocycles. The zero-order valence-corrected chi connectivity index (χ0v) is 5.93. The highest BCUT2D eigenvalue weighted by molar-refractivity contribution is 4.63. The molecule has 0 aromatic rings. The zero-order valence-electron chi connectivity index (χ0n) is 5.93. The molecule has 3 heteroatoms. The molecule has 0 heterocycles. The lowest BCUT2D eigenvalue weighted by molar-refractivity contribution is 0.239. The highest BCUT2D eigenvalue weighted by Crippen LogP contribution is 1.85. The third kappa shape index (κ3) is 4.39. The molecule has 56 valence electrons. The Balaban J connectivity index is 3.18. The first kappa shape index (κ1) is 8.88. The quantitative estimate of drug-likeness (QED) is 0.464. The van der Waals surface area contributed by atoms with Crippen LogP contribution in [0, 0.1) is 0 Å². The van der Waals surface area contributed by atoms with E-state index in [0.717, 1.165) is 13.0 Å². The highest BCUT2D eigenvalue weighted by Gasteiger charge is 2.01. The van der Waals surface area contributed by atoms with E-state index in [1.165, 1.54) is 0 Å². The minimum absolute atomic E-state index is 0.186. The molecule has 0 aliphatic carbocycles. The predicted molar refractivity (Wildman–Crippen MR) is 38.2 cm³/mol. The van der Waals surface area contributed by atoms with Crippen LogP contribution in [0.1, 0.15) is 13.3 Å². The fourth-order valence-corrected chi connectivity index (χ4v) is 0.748. The van der Waals surface area contributed by atoms with Crippen LogP contribution < -0.4 is 11.1 Å². The molecule has 0 aromatic heterocycles. The van der Waals surface area contributed by atoms with E-state index in [0.29, 0.717) is 6.54 Å². The number of likely N-dealkylation sites (N-methyl/N-ethyl adjacent to an activating group) is 1. The minimum atomic E-state index is 0.186. The van der Waals surface area contributed by atoms with E-state index < -0.39 is 0 Å². The van der Waals surface area contributed by atoms with Crippen LogP contribution in [0.5, 0.6) is 0 Å². The average molecular weight is 132 g/mol. The van der Waals surface area contributed by atoms with Gasteiger partial charge in [0.2, 0.25) is 0 Å². The number of hydrogen-bond donors (Lipinski definition) is 3. The lowest BCUT2D eigenvalue weighted by Gasteiger charge is -2.12. The van der Waals surface area contributed by atoms with Gasteiger partial charge in [-0.3, -0.25) is 0 Å². The van der Waals surface area contributed by atoms with Crippen LogP contribution in [0.2, 0.25) is 0 Å². The van der Waals surface area contributed by atoms with Gasteiger partial charge >= 0.3 is 0 Å². The van der Waals surface area contributed by atoms with E-state index in [1.807, 2.05) is 6.92 Å². The summed E-state index contributed by atoms with van der Waals surface area (Å²) in [6.07, 6.45) is 0.852. The van der Waals surface area contributed by atoms with Crippen molar-refractivity contribution in [3.05, 3.63) is 0 Å². The molecule has 4 N–H and O–H groups in total. The first-order valence-corrected chi connectivity index (χ1v) is 3.39. The van der Waals surface area contributed by atoms with Crippen molar-refractivity contribution >= 4 is 0 Å². The summed E-state index contributed by atoms with van der Waals surface area (Å²) in [6.45, 7) is 3.73. The Labute approximate surface area is 56.2 Å². The molecule has 0 aliphatic rings. The normalized spacial score (nSPS) is 13.7. The second-order valence-corrected chi connectivity index (χ2v) is 2.01. The van der Waals surface area contributed by atoms with E-state index >= 15 is 0 Å². The molecule has 0 amide bonds. The van der Waals surface area contributed by atoms with Gasteiger partial charge in [0, 0.05) is 6.04 Å². The van der Waals surface area contributed by atoms with Gasteiger partial charge in [0.05, 0.1) is 6.61 Å². The molecular weight excluding hydrogens is 116 g/mol. The summed E-state index contributed by atoms with van der Waals surface area (Å²) < 4.78 is 0. The van der Waals surface area contributed by atoms with Gasteiger partial charge in [0.1, 0.15) is 0 Å². The van der Waals surface area contributed by atoms with Gasteiger partial charge < -0.3 is 16.2 Å². The highest BCUT2D eigenvalue weighted by atomic mass is 16.3. The molecule has 3 nitrogen and oxygen atoms in total. The summed E-state index contributed by atoms with van der Waals surface area (Å²) in [5.41, 5.74) is 5.28. The van der Waals surface area contributed by atoms with Crippen molar-refractivity contribution in [2.24, 2.45) is 5.73 Å². The Hall–Kier alpha value is -0.120. The molecule has 0 fully saturated rings. The lowest BCUT2D eigenvalue weighted by atomic mass is 10.2. The molecule has 0 radical (unpaired) electrons.